The van der Waals surface area contributed by atoms with Gasteiger partial charge in [0.05, 0.1) is 5.41 Å². The predicted octanol–water partition coefficient (Wildman–Crippen LogP) is 2.40. The van der Waals surface area contributed by atoms with E-state index in [2.05, 4.69) is 6.92 Å². The Kier molecular flexibility index (Phi) is 4.58. The lowest BCUT2D eigenvalue weighted by Gasteiger charge is -2.27. The van der Waals surface area contributed by atoms with Crippen molar-refractivity contribution >= 4 is 5.97 Å². The first kappa shape index (κ1) is 12.5. The zero-order valence-corrected chi connectivity index (χ0v) is 9.67. The van der Waals surface area contributed by atoms with Crippen LogP contribution in [0, 0.1) is 11.3 Å². The maximum absolute atomic E-state index is 11.3. The number of nitrogens with two attached hydrogens (primary N) is 1. The molecule has 15 heavy (non-hydrogen) atoms. The Morgan fingerprint density at radius 3 is 2.47 bits per heavy atom. The fourth-order valence-corrected chi connectivity index (χ4v) is 2.34. The molecule has 0 aromatic heterocycles. The summed E-state index contributed by atoms with van der Waals surface area (Å²) in [6.07, 6.45) is 7.40. The summed E-state index contributed by atoms with van der Waals surface area (Å²) in [6, 6.07) is 0. The first-order chi connectivity index (χ1) is 7.17. The van der Waals surface area contributed by atoms with Crippen molar-refractivity contribution in [1.82, 2.24) is 0 Å². The molecule has 1 aliphatic rings. The van der Waals surface area contributed by atoms with E-state index in [1.54, 1.807) is 0 Å². The quantitative estimate of drug-likeness (QED) is 0.608. The molecule has 1 unspecified atom stereocenters. The van der Waals surface area contributed by atoms with E-state index in [-0.39, 0.29) is 0 Å². The maximum atomic E-state index is 11.3. The number of hydrogen-bond acceptors (Lipinski definition) is 2. The van der Waals surface area contributed by atoms with Crippen molar-refractivity contribution in [2.24, 2.45) is 17.1 Å². The normalized spacial score (nSPS) is 19.9. The Balaban J connectivity index is 2.44. The van der Waals surface area contributed by atoms with Gasteiger partial charge in [0, 0.05) is 6.54 Å². The SMILES string of the molecule is CCCCCCC(CN)(C(=O)O)C1CC1. The molecule has 3 heteroatoms. The number of hydrogen-bond donors (Lipinski definition) is 2. The van der Waals surface area contributed by atoms with Crippen molar-refractivity contribution in [2.45, 2.75) is 51.9 Å². The van der Waals surface area contributed by atoms with E-state index in [4.69, 9.17) is 5.73 Å². The summed E-state index contributed by atoms with van der Waals surface area (Å²) in [5.74, 6) is -0.328. The minimum Gasteiger partial charge on any atom is -0.481 e. The highest BCUT2D eigenvalue weighted by atomic mass is 16.4. The predicted molar refractivity (Wildman–Crippen MR) is 60.6 cm³/mol. The van der Waals surface area contributed by atoms with Crippen LogP contribution in [-0.4, -0.2) is 17.6 Å². The minimum absolute atomic E-state index is 0.305. The summed E-state index contributed by atoms with van der Waals surface area (Å²) in [5, 5.41) is 9.31. The fourth-order valence-electron chi connectivity index (χ4n) is 2.34. The van der Waals surface area contributed by atoms with Crippen LogP contribution in [0.4, 0.5) is 0 Å². The van der Waals surface area contributed by atoms with Crippen LogP contribution in [0.15, 0.2) is 0 Å². The third kappa shape index (κ3) is 2.94. The summed E-state index contributed by atoms with van der Waals surface area (Å²) < 4.78 is 0. The van der Waals surface area contributed by atoms with Crippen LogP contribution in [0.3, 0.4) is 0 Å². The number of rotatable bonds is 8. The van der Waals surface area contributed by atoms with Crippen molar-refractivity contribution in [3.8, 4) is 0 Å². The Morgan fingerprint density at radius 2 is 2.07 bits per heavy atom. The van der Waals surface area contributed by atoms with E-state index in [1.807, 2.05) is 0 Å². The third-order valence-corrected chi connectivity index (χ3v) is 3.63. The van der Waals surface area contributed by atoms with Gasteiger partial charge in [-0.15, -0.1) is 0 Å². The number of unbranched alkanes of at least 4 members (excludes halogenated alkanes) is 3. The number of carboxylic acid groups (broad SMARTS) is 1. The molecule has 3 nitrogen and oxygen atoms in total. The zero-order valence-electron chi connectivity index (χ0n) is 9.67. The molecule has 3 N–H and O–H groups in total. The van der Waals surface area contributed by atoms with E-state index in [9.17, 15) is 9.90 Å². The lowest BCUT2D eigenvalue weighted by molar-refractivity contribution is -0.150. The first-order valence-corrected chi connectivity index (χ1v) is 6.11. The molecule has 1 rings (SSSR count). The van der Waals surface area contributed by atoms with Gasteiger partial charge >= 0.3 is 5.97 Å². The molecule has 0 amide bonds. The molecule has 88 valence electrons. The highest BCUT2D eigenvalue weighted by molar-refractivity contribution is 5.75. The molecule has 0 bridgehead atoms. The Labute approximate surface area is 92.0 Å². The van der Waals surface area contributed by atoms with Gasteiger partial charge in [-0.25, -0.2) is 0 Å². The minimum atomic E-state index is -0.677. The molecule has 1 saturated carbocycles. The highest BCUT2D eigenvalue weighted by Crippen LogP contribution is 2.48. The molecule has 0 radical (unpaired) electrons. The summed E-state index contributed by atoms with van der Waals surface area (Å²) in [7, 11) is 0. The largest absolute Gasteiger partial charge is 0.481 e. The van der Waals surface area contributed by atoms with E-state index >= 15 is 0 Å². The van der Waals surface area contributed by atoms with E-state index < -0.39 is 11.4 Å². The van der Waals surface area contributed by atoms with Gasteiger partial charge in [0.25, 0.3) is 0 Å². The first-order valence-electron chi connectivity index (χ1n) is 6.11. The van der Waals surface area contributed by atoms with E-state index in [0.29, 0.717) is 12.5 Å². The molecular formula is C12H23NO2. The van der Waals surface area contributed by atoms with Gasteiger partial charge in [0.1, 0.15) is 0 Å². The van der Waals surface area contributed by atoms with Crippen molar-refractivity contribution in [3.63, 3.8) is 0 Å². The third-order valence-electron chi connectivity index (χ3n) is 3.63. The molecular weight excluding hydrogens is 190 g/mol. The molecule has 0 spiro atoms. The van der Waals surface area contributed by atoms with E-state index in [0.717, 1.165) is 32.1 Å². The monoisotopic (exact) mass is 213 g/mol. The second-order valence-corrected chi connectivity index (χ2v) is 4.75. The van der Waals surface area contributed by atoms with E-state index in [1.165, 1.54) is 12.8 Å². The smallest absolute Gasteiger partial charge is 0.311 e. The standard InChI is InChI=1S/C12H23NO2/c1-2-3-4-5-8-12(9-13,11(14)15)10-6-7-10/h10H,2-9,13H2,1H3,(H,14,15). The zero-order chi connectivity index (χ0) is 11.3. The number of carboxylic acids is 1. The molecule has 0 saturated heterocycles. The lowest BCUT2D eigenvalue weighted by atomic mass is 9.78. The average molecular weight is 213 g/mol. The van der Waals surface area contributed by atoms with Gasteiger partial charge in [-0.2, -0.15) is 0 Å². The van der Waals surface area contributed by atoms with Crippen molar-refractivity contribution in [2.75, 3.05) is 6.54 Å². The number of carbonyl (C=O) groups is 1. The van der Waals surface area contributed by atoms with Gasteiger partial charge in [-0.05, 0) is 25.2 Å². The highest BCUT2D eigenvalue weighted by Gasteiger charge is 2.49. The Morgan fingerprint density at radius 1 is 1.40 bits per heavy atom. The number of aliphatic carboxylic acids is 1. The van der Waals surface area contributed by atoms with Gasteiger partial charge in [0.15, 0.2) is 0 Å². The topological polar surface area (TPSA) is 63.3 Å². The average Bonchev–Trinajstić information content (AvgIpc) is 3.02. The Hall–Kier alpha value is -0.570. The summed E-state index contributed by atoms with van der Waals surface area (Å²) >= 11 is 0. The molecule has 1 fully saturated rings. The summed E-state index contributed by atoms with van der Waals surface area (Å²) in [5.41, 5.74) is 5.08. The maximum Gasteiger partial charge on any atom is 0.311 e. The summed E-state index contributed by atoms with van der Waals surface area (Å²) in [4.78, 5) is 11.3. The second kappa shape index (κ2) is 5.50. The van der Waals surface area contributed by atoms with Gasteiger partial charge in [-0.1, -0.05) is 32.6 Å². The van der Waals surface area contributed by atoms with Crippen molar-refractivity contribution in [3.05, 3.63) is 0 Å². The van der Waals surface area contributed by atoms with Gasteiger partial charge < -0.3 is 10.8 Å². The van der Waals surface area contributed by atoms with Crippen molar-refractivity contribution < 1.29 is 9.90 Å². The Bertz CT molecular complexity index is 214. The molecule has 0 aromatic carbocycles. The molecule has 1 atom stereocenters. The van der Waals surface area contributed by atoms with Crippen molar-refractivity contribution in [1.29, 1.82) is 0 Å². The molecule has 0 heterocycles. The molecule has 1 aliphatic carbocycles. The molecule has 0 aliphatic heterocycles. The van der Waals surface area contributed by atoms with Crippen LogP contribution >= 0.6 is 0 Å². The fraction of sp³-hybridized carbons (Fsp3) is 0.917. The van der Waals surface area contributed by atoms with Crippen LogP contribution in [0.25, 0.3) is 0 Å². The van der Waals surface area contributed by atoms with Crippen LogP contribution in [0.5, 0.6) is 0 Å². The van der Waals surface area contributed by atoms with Gasteiger partial charge in [0.2, 0.25) is 0 Å². The van der Waals surface area contributed by atoms with Crippen LogP contribution in [0.1, 0.15) is 51.9 Å². The molecule has 0 aromatic rings. The van der Waals surface area contributed by atoms with Crippen LogP contribution in [0.2, 0.25) is 0 Å². The van der Waals surface area contributed by atoms with Crippen LogP contribution < -0.4 is 5.73 Å². The lowest BCUT2D eigenvalue weighted by Crippen LogP contribution is -2.40. The van der Waals surface area contributed by atoms with Gasteiger partial charge in [-0.3, -0.25) is 4.79 Å². The second-order valence-electron chi connectivity index (χ2n) is 4.75. The summed E-state index contributed by atoms with van der Waals surface area (Å²) in [6.45, 7) is 2.47. The van der Waals surface area contributed by atoms with Crippen LogP contribution in [-0.2, 0) is 4.79 Å².